The van der Waals surface area contributed by atoms with Gasteiger partial charge in [-0.05, 0) is 102 Å². The predicted octanol–water partition coefficient (Wildman–Crippen LogP) is -0.454. The summed E-state index contributed by atoms with van der Waals surface area (Å²) in [7, 11) is 0. The number of aromatic amines is 1. The summed E-state index contributed by atoms with van der Waals surface area (Å²) < 4.78 is 41.9. The SMILES string of the molecule is CC[C@@H]1NC(=O)[C@H]2Cc3cn(nn3)CCC[C@@H](NC(=O)[C@H](C)NC(=O)[C@H](NCSC(C)S)CCCCNC(=O)[C@H](Cc3ccc(C(F)(F)F)cc3)NC1=O)C(=O)N[C@@H](CCc1c[nH]cn1)C(=O)N[C@@H](CC1CC1)C(=O)NCC(=O)N[C@@H](CCC(=O)O)C(=O)N2. The topological polar surface area (TPSA) is 400 Å². The number of imidazole rings is 1. The number of aryl methyl sites for hydroxylation is 2. The van der Waals surface area contributed by atoms with Crippen LogP contribution in [0.3, 0.4) is 0 Å². The highest BCUT2D eigenvalue weighted by Crippen LogP contribution is 2.34. The Bertz CT molecular complexity index is 2940. The fourth-order valence-corrected chi connectivity index (χ4v) is 10.5. The number of thioether (sulfide) groups is 1. The number of rotatable bonds is 15. The molecule has 2 aromatic heterocycles. The zero-order chi connectivity index (χ0) is 64.8. The van der Waals surface area contributed by atoms with Crippen molar-refractivity contribution in [2.75, 3.05) is 19.0 Å². The Labute approximate surface area is 521 Å². The Kier molecular flexibility index (Phi) is 27.0. The lowest BCUT2D eigenvalue weighted by Gasteiger charge is -2.27. The first kappa shape index (κ1) is 70.3. The number of carbonyl (C=O) groups is 11. The van der Waals surface area contributed by atoms with E-state index in [2.05, 4.69) is 91.4 Å². The highest BCUT2D eigenvalue weighted by atomic mass is 32.2. The molecule has 3 aromatic rings. The van der Waals surface area contributed by atoms with E-state index in [4.69, 9.17) is 0 Å². The molecule has 28 nitrogen and oxygen atoms in total. The van der Waals surface area contributed by atoms with Gasteiger partial charge in [0.1, 0.15) is 48.3 Å². The van der Waals surface area contributed by atoms with Crippen LogP contribution in [-0.4, -0.2) is 173 Å². The van der Waals surface area contributed by atoms with Crippen molar-refractivity contribution < 1.29 is 71.0 Å². The molecule has 488 valence electrons. The number of alkyl halides is 3. The summed E-state index contributed by atoms with van der Waals surface area (Å²) in [6.45, 7) is 4.00. The van der Waals surface area contributed by atoms with Gasteiger partial charge in [0.25, 0.3) is 0 Å². The number of halogens is 3. The lowest BCUT2D eigenvalue weighted by molar-refractivity contribution is -0.139. The molecular weight excluding hydrogens is 1210 g/mol. The van der Waals surface area contributed by atoms with Gasteiger partial charge in [-0.25, -0.2) is 4.98 Å². The number of nitrogens with zero attached hydrogens (tertiary/aromatic N) is 4. The number of thiol groups is 1. The average Bonchev–Trinajstić information content (AvgIpc) is 4.17. The fourth-order valence-electron chi connectivity index (χ4n) is 9.73. The quantitative estimate of drug-likeness (QED) is 0.0677. The number of benzene rings is 1. The van der Waals surface area contributed by atoms with E-state index in [1.54, 1.807) is 6.20 Å². The predicted molar refractivity (Wildman–Crippen MR) is 318 cm³/mol. The molecule has 0 radical (unpaired) electrons. The van der Waals surface area contributed by atoms with Gasteiger partial charge in [0, 0.05) is 55.2 Å². The first-order chi connectivity index (χ1) is 42.3. The Hall–Kier alpha value is -7.81. The van der Waals surface area contributed by atoms with E-state index in [0.717, 1.165) is 37.1 Å². The molecule has 1 aromatic carbocycles. The van der Waals surface area contributed by atoms with E-state index in [-0.39, 0.29) is 98.5 Å². The van der Waals surface area contributed by atoms with Gasteiger partial charge in [0.15, 0.2) is 0 Å². The summed E-state index contributed by atoms with van der Waals surface area (Å²) in [6.07, 6.45) is 0.230. The number of H-pyrrole nitrogens is 1. The van der Waals surface area contributed by atoms with E-state index in [1.807, 2.05) is 6.92 Å². The average molecular weight is 1290 g/mol. The number of hydrogen-bond acceptors (Lipinski definition) is 17. The molecule has 89 heavy (non-hydrogen) atoms. The number of fused-ring (bicyclic) bond motifs is 4. The van der Waals surface area contributed by atoms with Crippen LogP contribution in [-0.2, 0) is 84.7 Å². The second kappa shape index (κ2) is 34.2. The molecule has 33 heteroatoms. The molecule has 1 unspecified atom stereocenters. The largest absolute Gasteiger partial charge is 0.481 e. The molecule has 1 aliphatic carbocycles. The molecule has 4 heterocycles. The van der Waals surface area contributed by atoms with Crippen molar-refractivity contribution in [2.45, 2.75) is 189 Å². The van der Waals surface area contributed by atoms with Gasteiger partial charge in [-0.2, -0.15) is 25.8 Å². The molecule has 10 amide bonds. The maximum absolute atomic E-state index is 14.6. The van der Waals surface area contributed by atoms with Gasteiger partial charge >= 0.3 is 12.1 Å². The van der Waals surface area contributed by atoms with Crippen molar-refractivity contribution >= 4 is 89.4 Å². The minimum Gasteiger partial charge on any atom is -0.481 e. The van der Waals surface area contributed by atoms with E-state index < -0.39 is 157 Å². The van der Waals surface area contributed by atoms with E-state index in [0.29, 0.717) is 12.1 Å². The van der Waals surface area contributed by atoms with Gasteiger partial charge in [-0.1, -0.05) is 37.1 Å². The minimum absolute atomic E-state index is 0.00764. The summed E-state index contributed by atoms with van der Waals surface area (Å²) in [5.74, 6) is -9.51. The highest BCUT2D eigenvalue weighted by molar-refractivity contribution is 8.10. The first-order valence-electron chi connectivity index (χ1n) is 29.6. The Morgan fingerprint density at radius 2 is 1.39 bits per heavy atom. The van der Waals surface area contributed by atoms with Crippen LogP contribution in [0.4, 0.5) is 13.2 Å². The third-order valence-electron chi connectivity index (χ3n) is 15.0. The first-order valence-corrected chi connectivity index (χ1v) is 31.2. The molecule has 2 aliphatic heterocycles. The summed E-state index contributed by atoms with van der Waals surface area (Å²) in [5, 5.41) is 47.5. The van der Waals surface area contributed by atoms with Gasteiger partial charge in [-0.3, -0.25) is 62.7 Å². The van der Waals surface area contributed by atoms with Crippen LogP contribution in [0.5, 0.6) is 0 Å². The van der Waals surface area contributed by atoms with E-state index in [9.17, 15) is 71.0 Å². The summed E-state index contributed by atoms with van der Waals surface area (Å²) >= 11 is 5.80. The number of aliphatic carboxylic acids is 1. The number of amides is 10. The molecule has 3 aliphatic rings. The molecule has 1 fully saturated rings. The normalized spacial score (nSPS) is 25.5. The van der Waals surface area contributed by atoms with Crippen LogP contribution >= 0.6 is 24.4 Å². The minimum atomic E-state index is -4.67. The lowest BCUT2D eigenvalue weighted by atomic mass is 10.0. The maximum atomic E-state index is 14.6. The molecule has 1 saturated carbocycles. The molecule has 4 bridgehead atoms. The highest BCUT2D eigenvalue weighted by Gasteiger charge is 2.37. The van der Waals surface area contributed by atoms with Crippen molar-refractivity contribution in [1.82, 2.24) is 83.4 Å². The Morgan fingerprint density at radius 1 is 0.742 bits per heavy atom. The number of aromatic nitrogens is 5. The fraction of sp³-hybridized carbons (Fsp3) is 0.607. The third kappa shape index (κ3) is 23.6. The molecule has 0 saturated heterocycles. The van der Waals surface area contributed by atoms with E-state index >= 15 is 0 Å². The van der Waals surface area contributed by atoms with Crippen molar-refractivity contribution in [3.05, 3.63) is 65.5 Å². The number of carboxylic acid groups (broad SMARTS) is 1. The van der Waals surface area contributed by atoms with Crippen LogP contribution in [0.25, 0.3) is 0 Å². The van der Waals surface area contributed by atoms with Gasteiger partial charge in [0.05, 0.1) is 35.9 Å². The van der Waals surface area contributed by atoms with Gasteiger partial charge in [-0.15, -0.1) is 16.9 Å². The van der Waals surface area contributed by atoms with Crippen LogP contribution in [0.15, 0.2) is 43.0 Å². The zero-order valence-corrected chi connectivity index (χ0v) is 51.3. The monoisotopic (exact) mass is 1290 g/mol. The van der Waals surface area contributed by atoms with Crippen LogP contribution in [0, 0.1) is 5.92 Å². The lowest BCUT2D eigenvalue weighted by Crippen LogP contribution is -2.59. The van der Waals surface area contributed by atoms with Crippen LogP contribution in [0.2, 0.25) is 0 Å². The van der Waals surface area contributed by atoms with Gasteiger partial charge < -0.3 is 63.3 Å². The Morgan fingerprint density at radius 3 is 2.07 bits per heavy atom. The summed E-state index contributed by atoms with van der Waals surface area (Å²) in [6, 6.07) is -8.29. The number of nitrogens with one attached hydrogen (secondary N) is 12. The third-order valence-corrected chi connectivity index (χ3v) is 16.2. The number of hydrogen-bond donors (Lipinski definition) is 14. The standard InChI is InChI=1S/C56H79F3N16O12S2/c1-4-37-50(82)70-42(23-33-12-14-34(15-13-33)56(57,58)59)48(80)61-20-6-5-8-38(64-29-89-31(3)88)51(83)65-30(2)47(79)68-39-9-7-21-75-27-36(73-74-75)24-44(55(87)67-37)72-53(85)40(18-19-46(77)78)66-45(76)26-62-49(81)43(22-32-10-11-32)71-54(86)41(69-52(39)84)17-16-35-25-60-28-63-35/h12-15,25,27-28,30-32,37-44,64,88H,4-11,16-24,26,29H2,1-3H3,(H,60,63)(H,61,80)(H,62,81)(H,65,83)(H,66,76)(H,67,87)(H,68,79)(H,69,84)(H,70,82)(H,71,86)(H,72,85)(H,77,78)/t30-,31?,37-,38+,39+,40-,41-,42-,43-,44+/m0/s1. The van der Waals surface area contributed by atoms with Crippen molar-refractivity contribution in [3.63, 3.8) is 0 Å². The molecule has 10 atom stereocenters. The Balaban J connectivity index is 1.39. The molecule has 0 spiro atoms. The smallest absolute Gasteiger partial charge is 0.416 e. The summed E-state index contributed by atoms with van der Waals surface area (Å²) in [4.78, 5) is 161. The van der Waals surface area contributed by atoms with Crippen molar-refractivity contribution in [1.29, 1.82) is 0 Å². The maximum Gasteiger partial charge on any atom is 0.416 e. The zero-order valence-electron chi connectivity index (χ0n) is 49.5. The molecule has 6 rings (SSSR count). The molecular formula is C56H79F3N16O12S2. The number of carbonyl (C=O) groups excluding carboxylic acids is 10. The van der Waals surface area contributed by atoms with E-state index in [1.165, 1.54) is 42.8 Å². The number of carboxylic acids is 1. The van der Waals surface area contributed by atoms with Gasteiger partial charge in [0.2, 0.25) is 59.1 Å². The molecule has 13 N–H and O–H groups in total. The second-order valence-corrected chi connectivity index (χ2v) is 24.7. The van der Waals surface area contributed by atoms with Crippen LogP contribution in [0.1, 0.15) is 120 Å². The second-order valence-electron chi connectivity index (χ2n) is 22.2. The van der Waals surface area contributed by atoms with Crippen molar-refractivity contribution in [3.8, 4) is 0 Å². The van der Waals surface area contributed by atoms with Crippen molar-refractivity contribution in [2.24, 2.45) is 5.92 Å². The van der Waals surface area contributed by atoms with Crippen LogP contribution < -0.4 is 58.5 Å². The summed E-state index contributed by atoms with van der Waals surface area (Å²) in [5.41, 5.74) is -0.111.